The Morgan fingerprint density at radius 2 is 1.97 bits per heavy atom. The zero-order chi connectivity index (χ0) is 24.8. The van der Waals surface area contributed by atoms with Gasteiger partial charge in [-0.15, -0.1) is 11.3 Å². The monoisotopic (exact) mass is 599 g/mol. The molecule has 2 amide bonds. The van der Waals surface area contributed by atoms with Crippen LogP contribution in [0.15, 0.2) is 48.1 Å². The Morgan fingerprint density at radius 1 is 1.27 bits per heavy atom. The van der Waals surface area contributed by atoms with Gasteiger partial charge < -0.3 is 18.4 Å². The van der Waals surface area contributed by atoms with E-state index < -0.39 is 47.2 Å². The number of amides is 2. The maximum Gasteiger partial charge on any atom is 0.443 e. The number of benzene rings is 1. The lowest BCUT2D eigenvalue weighted by Crippen LogP contribution is -2.34. The Balaban J connectivity index is 1.85. The molecule has 0 aliphatic carbocycles. The van der Waals surface area contributed by atoms with E-state index in [0.29, 0.717) is 16.9 Å². The first-order valence-electron chi connectivity index (χ1n) is 9.07. The van der Waals surface area contributed by atoms with Gasteiger partial charge in [-0.25, -0.2) is 9.37 Å². The minimum atomic E-state index is -4.65. The van der Waals surface area contributed by atoms with Crippen LogP contribution < -0.4 is 15.4 Å². The molecule has 0 saturated carbocycles. The first-order chi connectivity index (χ1) is 15.4. The summed E-state index contributed by atoms with van der Waals surface area (Å²) in [5, 5.41) is 4.65. The van der Waals surface area contributed by atoms with Gasteiger partial charge in [0, 0.05) is 29.3 Å². The molecule has 7 nitrogen and oxygen atoms in total. The van der Waals surface area contributed by atoms with Crippen LogP contribution in [0.25, 0.3) is 0 Å². The van der Waals surface area contributed by atoms with Gasteiger partial charge >= 0.3 is 6.18 Å². The summed E-state index contributed by atoms with van der Waals surface area (Å²) in [5.74, 6) is -1.75. The molecule has 0 spiro atoms. The summed E-state index contributed by atoms with van der Waals surface area (Å²) < 4.78 is 61.9. The summed E-state index contributed by atoms with van der Waals surface area (Å²) in [6.07, 6.45) is -5.50. The standard InChI is InChI=1S/C20H18F4IN3O4S/c1-10-4-5-13(7-14(10)21)31-8-17(29)27-12(3)16(32-25)6-11(2)26-18(30)15-9-33-19(28-15)20(22,23)24/h4-5,7,9,16H,2-3,6,8H2,1H3,(H,26,30)(H,27,29). The fraction of sp³-hybridized carbons (Fsp3) is 0.250. The molecule has 0 aliphatic heterocycles. The van der Waals surface area contributed by atoms with Gasteiger partial charge in [-0.3, -0.25) is 9.59 Å². The fourth-order valence-corrected chi connectivity index (χ4v) is 3.48. The van der Waals surface area contributed by atoms with E-state index in [9.17, 15) is 27.2 Å². The third-order valence-electron chi connectivity index (χ3n) is 4.01. The molecule has 33 heavy (non-hydrogen) atoms. The normalized spacial score (nSPS) is 12.1. The summed E-state index contributed by atoms with van der Waals surface area (Å²) >= 11 is 1.86. The van der Waals surface area contributed by atoms with Crippen molar-refractivity contribution in [1.82, 2.24) is 15.6 Å². The number of hydrogen-bond donors (Lipinski definition) is 2. The Bertz CT molecular complexity index is 1060. The van der Waals surface area contributed by atoms with Crippen LogP contribution in [0.3, 0.4) is 0 Å². The highest BCUT2D eigenvalue weighted by molar-refractivity contribution is 14.1. The van der Waals surface area contributed by atoms with Crippen LogP contribution in [0.1, 0.15) is 27.5 Å². The number of thiazole rings is 1. The first kappa shape index (κ1) is 26.7. The summed E-state index contributed by atoms with van der Waals surface area (Å²) in [6.45, 7) is 8.51. The van der Waals surface area contributed by atoms with Crippen molar-refractivity contribution in [3.05, 3.63) is 70.2 Å². The molecular formula is C20H18F4IN3O4S. The van der Waals surface area contributed by atoms with Gasteiger partial charge in [-0.2, -0.15) is 13.2 Å². The summed E-state index contributed by atoms with van der Waals surface area (Å²) in [4.78, 5) is 27.5. The Hall–Kier alpha value is -2.52. The summed E-state index contributed by atoms with van der Waals surface area (Å²) in [6, 6.07) is 4.18. The van der Waals surface area contributed by atoms with Gasteiger partial charge in [0.2, 0.25) is 0 Å². The lowest BCUT2D eigenvalue weighted by atomic mass is 10.1. The van der Waals surface area contributed by atoms with Crippen molar-refractivity contribution >= 4 is 46.2 Å². The second-order valence-corrected chi connectivity index (χ2v) is 8.01. The van der Waals surface area contributed by atoms with Crippen molar-refractivity contribution in [2.45, 2.75) is 25.6 Å². The number of aryl methyl sites for hydroxylation is 1. The highest BCUT2D eigenvalue weighted by atomic mass is 127. The van der Waals surface area contributed by atoms with Crippen LogP contribution >= 0.6 is 34.3 Å². The van der Waals surface area contributed by atoms with Gasteiger partial charge in [0.15, 0.2) is 11.6 Å². The predicted molar refractivity (Wildman–Crippen MR) is 121 cm³/mol. The molecule has 0 bridgehead atoms. The van der Waals surface area contributed by atoms with Gasteiger partial charge in [0.05, 0.1) is 0 Å². The number of carbonyl (C=O) groups is 2. The zero-order valence-corrected chi connectivity index (χ0v) is 20.1. The molecule has 2 N–H and O–H groups in total. The predicted octanol–water partition coefficient (Wildman–Crippen LogP) is 4.69. The largest absolute Gasteiger partial charge is 0.484 e. The number of alkyl halides is 3. The molecule has 1 heterocycles. The van der Waals surface area contributed by atoms with E-state index in [1.165, 1.54) is 12.1 Å². The first-order valence-corrected chi connectivity index (χ1v) is 10.8. The second kappa shape index (κ2) is 11.6. The van der Waals surface area contributed by atoms with Gasteiger partial charge in [0.1, 0.15) is 46.4 Å². The van der Waals surface area contributed by atoms with Gasteiger partial charge in [-0.1, -0.05) is 19.2 Å². The molecule has 0 aliphatic rings. The van der Waals surface area contributed by atoms with Crippen molar-refractivity contribution < 1.29 is 35.0 Å². The van der Waals surface area contributed by atoms with Gasteiger partial charge in [0.25, 0.3) is 11.8 Å². The van der Waals surface area contributed by atoms with Crippen molar-refractivity contribution in [2.24, 2.45) is 0 Å². The van der Waals surface area contributed by atoms with Crippen molar-refractivity contribution in [3.8, 4) is 5.75 Å². The number of carbonyl (C=O) groups excluding carboxylic acids is 2. The fourth-order valence-electron chi connectivity index (χ4n) is 2.32. The lowest BCUT2D eigenvalue weighted by Gasteiger charge is -2.19. The summed E-state index contributed by atoms with van der Waals surface area (Å²) in [5.41, 5.74) is 0.254. The van der Waals surface area contributed by atoms with Crippen LogP contribution in [-0.2, 0) is 14.0 Å². The minimum Gasteiger partial charge on any atom is -0.484 e. The molecule has 0 fully saturated rings. The zero-order valence-electron chi connectivity index (χ0n) is 17.1. The highest BCUT2D eigenvalue weighted by Gasteiger charge is 2.35. The van der Waals surface area contributed by atoms with E-state index in [4.69, 9.17) is 7.80 Å². The Labute approximate surface area is 204 Å². The van der Waals surface area contributed by atoms with Crippen molar-refractivity contribution in [1.29, 1.82) is 0 Å². The smallest absolute Gasteiger partial charge is 0.443 e. The van der Waals surface area contributed by atoms with Crippen LogP contribution in [0.4, 0.5) is 17.6 Å². The molecule has 1 aromatic heterocycles. The molecule has 2 aromatic rings. The quantitative estimate of drug-likeness (QED) is 0.306. The van der Waals surface area contributed by atoms with Crippen LogP contribution in [0, 0.1) is 12.7 Å². The third kappa shape index (κ3) is 8.08. The molecule has 13 heteroatoms. The van der Waals surface area contributed by atoms with Crippen molar-refractivity contribution in [3.63, 3.8) is 0 Å². The average molecular weight is 599 g/mol. The molecule has 1 aromatic carbocycles. The van der Waals surface area contributed by atoms with Crippen LogP contribution in [-0.4, -0.2) is 29.5 Å². The van der Waals surface area contributed by atoms with E-state index >= 15 is 0 Å². The van der Waals surface area contributed by atoms with Crippen molar-refractivity contribution in [2.75, 3.05) is 6.61 Å². The SMILES string of the molecule is C=C(CC(OI)C(=C)NC(=O)COc1ccc(C)c(F)c1)NC(=O)c1csc(C(F)(F)F)n1. The third-order valence-corrected chi connectivity index (χ3v) is 5.51. The van der Waals surface area contributed by atoms with E-state index in [-0.39, 0.29) is 23.6 Å². The molecule has 178 valence electrons. The molecule has 1 unspecified atom stereocenters. The molecule has 0 saturated heterocycles. The van der Waals surface area contributed by atoms with Crippen LogP contribution in [0.5, 0.6) is 5.75 Å². The highest BCUT2D eigenvalue weighted by Crippen LogP contribution is 2.31. The summed E-state index contributed by atoms with van der Waals surface area (Å²) in [7, 11) is 0. The average Bonchev–Trinajstić information content (AvgIpc) is 3.24. The number of nitrogens with zero attached hydrogens (tertiary/aromatic N) is 1. The maximum atomic E-state index is 13.5. The minimum absolute atomic E-state index is 0.0336. The van der Waals surface area contributed by atoms with Crippen LogP contribution in [0.2, 0.25) is 0 Å². The number of halogens is 5. The molecule has 0 radical (unpaired) electrons. The lowest BCUT2D eigenvalue weighted by molar-refractivity contribution is -0.137. The number of ether oxygens (including phenoxy) is 1. The van der Waals surface area contributed by atoms with E-state index in [0.717, 1.165) is 11.4 Å². The van der Waals surface area contributed by atoms with E-state index in [2.05, 4.69) is 28.8 Å². The Kier molecular flexibility index (Phi) is 9.36. The van der Waals surface area contributed by atoms with E-state index in [1.54, 1.807) is 29.9 Å². The second-order valence-electron chi connectivity index (χ2n) is 6.65. The Morgan fingerprint density at radius 3 is 2.55 bits per heavy atom. The molecule has 1 atom stereocenters. The number of aromatic nitrogens is 1. The van der Waals surface area contributed by atoms with Gasteiger partial charge in [-0.05, 0) is 18.6 Å². The maximum absolute atomic E-state index is 13.5. The number of hydrogen-bond acceptors (Lipinski definition) is 6. The molecule has 2 rings (SSSR count). The number of nitrogens with one attached hydrogen (secondary N) is 2. The topological polar surface area (TPSA) is 89.5 Å². The number of rotatable bonds is 10. The van der Waals surface area contributed by atoms with E-state index in [1.807, 2.05) is 0 Å². The molecular weight excluding hydrogens is 581 g/mol.